The van der Waals surface area contributed by atoms with E-state index in [1.54, 1.807) is 31.3 Å². The van der Waals surface area contributed by atoms with Crippen LogP contribution < -0.4 is 4.90 Å². The molecule has 2 amide bonds. The van der Waals surface area contributed by atoms with Crippen molar-refractivity contribution >= 4 is 57.3 Å². The molecular weight excluding hydrogens is 324 g/mol. The fraction of sp³-hybridized carbons (Fsp3) is 0.143. The molecule has 1 N–H and O–H groups in total. The fourth-order valence-corrected chi connectivity index (χ4v) is 3.74. The van der Waals surface area contributed by atoms with Gasteiger partial charge in [0, 0.05) is 12.6 Å². The van der Waals surface area contributed by atoms with Gasteiger partial charge in [0.05, 0.1) is 16.2 Å². The summed E-state index contributed by atoms with van der Waals surface area (Å²) in [4.78, 5) is 38.4. The molecule has 1 aromatic rings. The number of nitrogens with zero attached hydrogens (tertiary/aromatic N) is 2. The van der Waals surface area contributed by atoms with Crippen LogP contribution >= 0.6 is 24.0 Å². The number of benzene rings is 1. The lowest BCUT2D eigenvalue weighted by atomic mass is 10.1. The molecule has 0 unspecified atom stereocenters. The van der Waals surface area contributed by atoms with Crippen molar-refractivity contribution in [3.63, 3.8) is 0 Å². The van der Waals surface area contributed by atoms with Crippen LogP contribution in [0.4, 0.5) is 5.69 Å². The summed E-state index contributed by atoms with van der Waals surface area (Å²) in [5.74, 6) is -1.99. The first-order valence-corrected chi connectivity index (χ1v) is 7.51. The number of carbonyl (C=O) groups excluding carboxylic acids is 2. The summed E-state index contributed by atoms with van der Waals surface area (Å²) in [6, 6.07) is 7.14. The number of hydrogen-bond donors (Lipinski definition) is 1. The predicted octanol–water partition coefficient (Wildman–Crippen LogP) is 1.32. The highest BCUT2D eigenvalue weighted by Gasteiger charge is 2.41. The molecule has 1 fully saturated rings. The summed E-state index contributed by atoms with van der Waals surface area (Å²) in [6.07, 6.45) is 0. The molecule has 6 nitrogen and oxygen atoms in total. The highest BCUT2D eigenvalue weighted by Crippen LogP contribution is 2.43. The zero-order chi connectivity index (χ0) is 16.0. The molecular formula is C14H10N2O4S2. The average Bonchev–Trinajstić information content (AvgIpc) is 2.88. The number of para-hydroxylation sites is 1. The molecule has 0 aliphatic carbocycles. The molecule has 2 aliphatic heterocycles. The van der Waals surface area contributed by atoms with E-state index in [0.29, 0.717) is 11.3 Å². The maximum absolute atomic E-state index is 12.5. The fourth-order valence-electron chi connectivity index (χ4n) is 2.41. The number of thioether (sulfide) groups is 1. The van der Waals surface area contributed by atoms with E-state index in [4.69, 9.17) is 17.3 Å². The van der Waals surface area contributed by atoms with Gasteiger partial charge in [-0.3, -0.25) is 19.3 Å². The van der Waals surface area contributed by atoms with E-state index >= 15 is 0 Å². The van der Waals surface area contributed by atoms with Crippen LogP contribution in [0.2, 0.25) is 0 Å². The van der Waals surface area contributed by atoms with Crippen LogP contribution in [0.25, 0.3) is 5.57 Å². The van der Waals surface area contributed by atoms with E-state index in [1.165, 1.54) is 4.90 Å². The molecule has 0 aromatic heterocycles. The third-order valence-corrected chi connectivity index (χ3v) is 4.87. The van der Waals surface area contributed by atoms with Gasteiger partial charge in [0.2, 0.25) is 0 Å². The van der Waals surface area contributed by atoms with E-state index in [0.717, 1.165) is 16.7 Å². The lowest BCUT2D eigenvalue weighted by Crippen LogP contribution is -2.33. The monoisotopic (exact) mass is 334 g/mol. The number of fused-ring (bicyclic) bond motifs is 1. The zero-order valence-electron chi connectivity index (χ0n) is 11.4. The van der Waals surface area contributed by atoms with Gasteiger partial charge < -0.3 is 10.0 Å². The Balaban J connectivity index is 2.12. The Hall–Kier alpha value is -2.19. The summed E-state index contributed by atoms with van der Waals surface area (Å²) in [7, 11) is 1.63. The quantitative estimate of drug-likeness (QED) is 0.649. The summed E-state index contributed by atoms with van der Waals surface area (Å²) in [5, 5.41) is 8.86. The Morgan fingerprint density at radius 3 is 2.64 bits per heavy atom. The molecule has 22 heavy (non-hydrogen) atoms. The zero-order valence-corrected chi connectivity index (χ0v) is 13.0. The SMILES string of the molecule is CN1C(=O)/C(=C2/SC(=S)N(CC(=O)O)C2=O)c2ccccc21. The van der Waals surface area contributed by atoms with E-state index < -0.39 is 18.4 Å². The molecule has 1 saturated heterocycles. The average molecular weight is 334 g/mol. The van der Waals surface area contributed by atoms with Crippen LogP contribution in [0.5, 0.6) is 0 Å². The van der Waals surface area contributed by atoms with Crippen molar-refractivity contribution in [2.45, 2.75) is 0 Å². The number of rotatable bonds is 2. The van der Waals surface area contributed by atoms with Gasteiger partial charge in [-0.1, -0.05) is 42.2 Å². The number of thiocarbonyl (C=S) groups is 1. The molecule has 0 saturated carbocycles. The number of likely N-dealkylation sites (N-methyl/N-ethyl adjacent to an activating group) is 1. The van der Waals surface area contributed by atoms with Crippen molar-refractivity contribution in [1.29, 1.82) is 0 Å². The highest BCUT2D eigenvalue weighted by molar-refractivity contribution is 8.26. The second-order valence-corrected chi connectivity index (χ2v) is 6.38. The van der Waals surface area contributed by atoms with Gasteiger partial charge in [-0.05, 0) is 6.07 Å². The third kappa shape index (κ3) is 2.11. The van der Waals surface area contributed by atoms with Gasteiger partial charge in [0.1, 0.15) is 10.9 Å². The summed E-state index contributed by atoms with van der Waals surface area (Å²) in [6.45, 7) is -0.507. The van der Waals surface area contributed by atoms with Crippen LogP contribution in [-0.2, 0) is 14.4 Å². The van der Waals surface area contributed by atoms with Crippen molar-refractivity contribution in [1.82, 2.24) is 4.90 Å². The Bertz CT molecular complexity index is 772. The minimum Gasteiger partial charge on any atom is -0.480 e. The van der Waals surface area contributed by atoms with Gasteiger partial charge in [0.25, 0.3) is 11.8 Å². The second kappa shape index (κ2) is 5.22. The molecule has 0 atom stereocenters. The molecule has 2 aliphatic rings. The Morgan fingerprint density at radius 2 is 1.95 bits per heavy atom. The second-order valence-electron chi connectivity index (χ2n) is 4.74. The molecule has 1 aromatic carbocycles. The molecule has 2 heterocycles. The lowest BCUT2D eigenvalue weighted by Gasteiger charge is -2.10. The molecule has 3 rings (SSSR count). The van der Waals surface area contributed by atoms with Crippen LogP contribution in [-0.4, -0.2) is 45.7 Å². The summed E-state index contributed by atoms with van der Waals surface area (Å²) < 4.78 is 0.148. The minimum atomic E-state index is -1.15. The van der Waals surface area contributed by atoms with Crippen molar-refractivity contribution < 1.29 is 19.5 Å². The Kier molecular flexibility index (Phi) is 3.50. The first-order valence-electron chi connectivity index (χ1n) is 6.29. The Labute approximate surface area is 135 Å². The van der Waals surface area contributed by atoms with Crippen molar-refractivity contribution in [2.75, 3.05) is 18.5 Å². The number of carboxylic acid groups (broad SMARTS) is 1. The van der Waals surface area contributed by atoms with Crippen molar-refractivity contribution in [2.24, 2.45) is 0 Å². The predicted molar refractivity (Wildman–Crippen MR) is 86.3 cm³/mol. The Morgan fingerprint density at radius 1 is 1.27 bits per heavy atom. The standard InChI is InChI=1S/C14H10N2O4S2/c1-15-8-5-3-2-4-7(8)10(12(15)19)11-13(20)16(6-9(17)18)14(21)22-11/h2-5H,6H2,1H3,(H,17,18)/b11-10+. The van der Waals surface area contributed by atoms with Crippen LogP contribution in [0.1, 0.15) is 5.56 Å². The normalized spacial score (nSPS) is 20.9. The van der Waals surface area contributed by atoms with E-state index in [2.05, 4.69) is 0 Å². The number of anilines is 1. The molecule has 0 bridgehead atoms. The maximum atomic E-state index is 12.5. The maximum Gasteiger partial charge on any atom is 0.323 e. The van der Waals surface area contributed by atoms with Crippen molar-refractivity contribution in [3.8, 4) is 0 Å². The summed E-state index contributed by atoms with van der Waals surface area (Å²) >= 11 is 6.03. The summed E-state index contributed by atoms with van der Waals surface area (Å²) in [5.41, 5.74) is 1.65. The number of amides is 2. The van der Waals surface area contributed by atoms with Crippen LogP contribution in [0.3, 0.4) is 0 Å². The van der Waals surface area contributed by atoms with Crippen molar-refractivity contribution in [3.05, 3.63) is 34.7 Å². The smallest absolute Gasteiger partial charge is 0.323 e. The number of hydrogen-bond acceptors (Lipinski definition) is 5. The van der Waals surface area contributed by atoms with E-state index in [-0.39, 0.29) is 20.7 Å². The van der Waals surface area contributed by atoms with Crippen LogP contribution in [0, 0.1) is 0 Å². The number of carboxylic acids is 1. The molecule has 0 spiro atoms. The topological polar surface area (TPSA) is 77.9 Å². The van der Waals surface area contributed by atoms with E-state index in [9.17, 15) is 14.4 Å². The van der Waals surface area contributed by atoms with Gasteiger partial charge >= 0.3 is 5.97 Å². The highest BCUT2D eigenvalue weighted by atomic mass is 32.2. The van der Waals surface area contributed by atoms with Gasteiger partial charge in [0.15, 0.2) is 0 Å². The lowest BCUT2D eigenvalue weighted by molar-refractivity contribution is -0.140. The van der Waals surface area contributed by atoms with Gasteiger partial charge in [-0.2, -0.15) is 0 Å². The molecule has 0 radical (unpaired) electrons. The largest absolute Gasteiger partial charge is 0.480 e. The van der Waals surface area contributed by atoms with Gasteiger partial charge in [-0.15, -0.1) is 0 Å². The molecule has 112 valence electrons. The number of aliphatic carboxylic acids is 1. The van der Waals surface area contributed by atoms with Gasteiger partial charge in [-0.25, -0.2) is 0 Å². The minimum absolute atomic E-state index is 0.148. The van der Waals surface area contributed by atoms with E-state index in [1.807, 2.05) is 0 Å². The number of carbonyl (C=O) groups is 3. The first-order chi connectivity index (χ1) is 10.4. The third-order valence-electron chi connectivity index (χ3n) is 3.42. The van der Waals surface area contributed by atoms with Crippen LogP contribution in [0.15, 0.2) is 29.2 Å². The first kappa shape index (κ1) is 14.7. The molecule has 8 heteroatoms.